The van der Waals surface area contributed by atoms with E-state index >= 15 is 0 Å². The lowest BCUT2D eigenvalue weighted by atomic mass is 9.98. The minimum Gasteiger partial charge on any atom is -0.391 e. The standard InChI is InChI=1S/C23H29N5O4S/c1-3-14-10-15-6-4-5-7-18(15)21(14)25-23-24-13-16-8-9-28(22(16)26-23)17-11-19(20(29)12-17)27(2)33(30,31)32/h4-9,13-14,17,19-21,29H,3,10-12H2,1-2H3,(H,24,25,26)(H,30,31,32)/t14-,17+,19-,20-,21-/m1/s1. The summed E-state index contributed by atoms with van der Waals surface area (Å²) in [6.45, 7) is 2.20. The Morgan fingerprint density at radius 1 is 1.24 bits per heavy atom. The molecule has 9 nitrogen and oxygen atoms in total. The topological polar surface area (TPSA) is 121 Å². The fourth-order valence-electron chi connectivity index (χ4n) is 5.45. The van der Waals surface area contributed by atoms with Gasteiger partial charge in [0.15, 0.2) is 0 Å². The van der Waals surface area contributed by atoms with E-state index in [1.54, 1.807) is 6.20 Å². The van der Waals surface area contributed by atoms with E-state index in [-0.39, 0.29) is 12.1 Å². The van der Waals surface area contributed by atoms with Crippen LogP contribution in [0.15, 0.2) is 42.7 Å². The van der Waals surface area contributed by atoms with Gasteiger partial charge in [-0.1, -0.05) is 37.6 Å². The summed E-state index contributed by atoms with van der Waals surface area (Å²) in [5.41, 5.74) is 3.39. The van der Waals surface area contributed by atoms with Gasteiger partial charge in [0.25, 0.3) is 0 Å². The number of hydrogen-bond donors (Lipinski definition) is 3. The van der Waals surface area contributed by atoms with E-state index < -0.39 is 22.4 Å². The SMILES string of the molecule is CC[C@@H]1Cc2ccccc2[C@@H]1Nc1ncc2ccn([C@@H]3C[C@@H](O)[C@H](N(C)S(=O)(=O)O)C3)c2n1. The molecule has 3 N–H and O–H groups in total. The molecule has 0 aliphatic heterocycles. The van der Waals surface area contributed by atoms with Crippen molar-refractivity contribution in [3.8, 4) is 0 Å². The smallest absolute Gasteiger partial charge is 0.335 e. The number of benzene rings is 1. The monoisotopic (exact) mass is 471 g/mol. The lowest BCUT2D eigenvalue weighted by Gasteiger charge is -2.23. The van der Waals surface area contributed by atoms with E-state index in [1.165, 1.54) is 18.2 Å². The Kier molecular flexibility index (Phi) is 5.64. The minimum atomic E-state index is -4.38. The predicted molar refractivity (Wildman–Crippen MR) is 125 cm³/mol. The van der Waals surface area contributed by atoms with E-state index in [2.05, 4.69) is 41.5 Å². The maximum absolute atomic E-state index is 11.6. The van der Waals surface area contributed by atoms with Crippen LogP contribution in [0.1, 0.15) is 49.4 Å². The van der Waals surface area contributed by atoms with Gasteiger partial charge in [-0.05, 0) is 42.4 Å². The fourth-order valence-corrected chi connectivity index (χ4v) is 6.02. The Morgan fingerprint density at radius 3 is 2.79 bits per heavy atom. The van der Waals surface area contributed by atoms with E-state index in [0.717, 1.165) is 28.2 Å². The zero-order valence-corrected chi connectivity index (χ0v) is 19.5. The highest BCUT2D eigenvalue weighted by Gasteiger charge is 2.40. The molecular formula is C23H29N5O4S. The summed E-state index contributed by atoms with van der Waals surface area (Å²) in [4.78, 5) is 9.34. The minimum absolute atomic E-state index is 0.146. The van der Waals surface area contributed by atoms with E-state index in [1.807, 2.05) is 16.8 Å². The molecule has 1 aromatic carbocycles. The first kappa shape index (κ1) is 22.3. The lowest BCUT2D eigenvalue weighted by molar-refractivity contribution is 0.117. The van der Waals surface area contributed by atoms with Crippen LogP contribution in [0.4, 0.5) is 5.95 Å². The normalized spacial score (nSPS) is 27.4. The number of likely N-dealkylation sites (N-methyl/N-ethyl adjacent to an activating group) is 1. The molecule has 0 amide bonds. The third kappa shape index (κ3) is 4.01. The summed E-state index contributed by atoms with van der Waals surface area (Å²) in [6, 6.07) is 9.71. The van der Waals surface area contributed by atoms with Crippen molar-refractivity contribution < 1.29 is 18.1 Å². The van der Waals surface area contributed by atoms with E-state index in [9.17, 15) is 18.1 Å². The summed E-state index contributed by atoms with van der Waals surface area (Å²) in [5, 5.41) is 14.9. The molecule has 3 aromatic rings. The molecule has 5 atom stereocenters. The fraction of sp³-hybridized carbons (Fsp3) is 0.478. The van der Waals surface area contributed by atoms with Crippen LogP contribution < -0.4 is 5.32 Å². The van der Waals surface area contributed by atoms with Crippen molar-refractivity contribution in [2.75, 3.05) is 12.4 Å². The van der Waals surface area contributed by atoms with Crippen molar-refractivity contribution >= 4 is 27.3 Å². The quantitative estimate of drug-likeness (QED) is 0.473. The molecule has 176 valence electrons. The third-order valence-corrected chi connectivity index (χ3v) is 8.30. The van der Waals surface area contributed by atoms with E-state index in [4.69, 9.17) is 4.98 Å². The van der Waals surface area contributed by atoms with Crippen LogP contribution in [-0.2, 0) is 16.7 Å². The first-order valence-electron chi connectivity index (χ1n) is 11.3. The summed E-state index contributed by atoms with van der Waals surface area (Å²) in [6.07, 6.45) is 5.64. The van der Waals surface area contributed by atoms with Crippen molar-refractivity contribution in [3.05, 3.63) is 53.9 Å². The third-order valence-electron chi connectivity index (χ3n) is 7.30. The van der Waals surface area contributed by atoms with Gasteiger partial charge >= 0.3 is 10.3 Å². The molecule has 0 unspecified atom stereocenters. The van der Waals surface area contributed by atoms with Gasteiger partial charge in [-0.2, -0.15) is 17.7 Å². The van der Waals surface area contributed by atoms with Gasteiger partial charge in [-0.25, -0.2) is 4.98 Å². The van der Waals surface area contributed by atoms with Crippen LogP contribution in [0.25, 0.3) is 11.0 Å². The highest BCUT2D eigenvalue weighted by molar-refractivity contribution is 7.83. The van der Waals surface area contributed by atoms with Crippen LogP contribution in [0.5, 0.6) is 0 Å². The van der Waals surface area contributed by atoms with Gasteiger partial charge in [0, 0.05) is 30.9 Å². The molecule has 1 fully saturated rings. The van der Waals surface area contributed by atoms with Crippen molar-refractivity contribution in [2.45, 2.75) is 56.8 Å². The summed E-state index contributed by atoms with van der Waals surface area (Å²) < 4.78 is 35.3. The largest absolute Gasteiger partial charge is 0.391 e. The average molecular weight is 472 g/mol. The molecule has 1 saturated carbocycles. The molecule has 0 radical (unpaired) electrons. The molecule has 5 rings (SSSR count). The lowest BCUT2D eigenvalue weighted by Crippen LogP contribution is -2.41. The Labute approximate surface area is 193 Å². The zero-order valence-electron chi connectivity index (χ0n) is 18.7. The number of fused-ring (bicyclic) bond motifs is 2. The van der Waals surface area contributed by atoms with Crippen LogP contribution in [-0.4, -0.2) is 56.1 Å². The Morgan fingerprint density at radius 2 is 2.03 bits per heavy atom. The Hall–Kier alpha value is -2.53. The number of nitrogens with zero attached hydrogens (tertiary/aromatic N) is 4. The van der Waals surface area contributed by atoms with Crippen LogP contribution in [0.3, 0.4) is 0 Å². The summed E-state index contributed by atoms with van der Waals surface area (Å²) in [7, 11) is -3.09. The summed E-state index contributed by atoms with van der Waals surface area (Å²) >= 11 is 0. The first-order valence-corrected chi connectivity index (χ1v) is 12.7. The van der Waals surface area contributed by atoms with Gasteiger partial charge in [0.2, 0.25) is 5.95 Å². The number of aliphatic hydroxyl groups excluding tert-OH is 1. The number of aliphatic hydroxyl groups is 1. The number of anilines is 1. The van der Waals surface area contributed by atoms with Gasteiger partial charge in [-0.3, -0.25) is 4.55 Å². The highest BCUT2D eigenvalue weighted by Crippen LogP contribution is 2.40. The van der Waals surface area contributed by atoms with Gasteiger partial charge < -0.3 is 15.0 Å². The number of aromatic nitrogens is 3. The first-order chi connectivity index (χ1) is 15.8. The average Bonchev–Trinajstić information content (AvgIpc) is 3.47. The van der Waals surface area contributed by atoms with Crippen molar-refractivity contribution in [1.29, 1.82) is 0 Å². The molecule has 0 bridgehead atoms. The second kappa shape index (κ2) is 8.35. The maximum Gasteiger partial charge on any atom is 0.335 e. The van der Waals surface area contributed by atoms with E-state index in [0.29, 0.717) is 24.7 Å². The maximum atomic E-state index is 11.6. The van der Waals surface area contributed by atoms with Crippen LogP contribution >= 0.6 is 0 Å². The van der Waals surface area contributed by atoms with Gasteiger partial charge in [0.1, 0.15) is 5.65 Å². The molecule has 2 heterocycles. The molecule has 0 spiro atoms. The Bertz CT molecular complexity index is 1280. The summed E-state index contributed by atoms with van der Waals surface area (Å²) in [5.74, 6) is 1.02. The number of hydrogen-bond acceptors (Lipinski definition) is 6. The zero-order chi connectivity index (χ0) is 23.3. The molecule has 2 aromatic heterocycles. The molecule has 2 aliphatic carbocycles. The van der Waals surface area contributed by atoms with Crippen LogP contribution in [0, 0.1) is 5.92 Å². The van der Waals surface area contributed by atoms with Crippen LogP contribution in [0.2, 0.25) is 0 Å². The number of nitrogens with one attached hydrogen (secondary N) is 1. The van der Waals surface area contributed by atoms with Crippen molar-refractivity contribution in [3.63, 3.8) is 0 Å². The molecule has 10 heteroatoms. The molecular weight excluding hydrogens is 442 g/mol. The second-order valence-electron chi connectivity index (χ2n) is 9.14. The van der Waals surface area contributed by atoms with Crippen molar-refractivity contribution in [1.82, 2.24) is 18.8 Å². The molecule has 33 heavy (non-hydrogen) atoms. The number of rotatable bonds is 6. The predicted octanol–water partition coefficient (Wildman–Crippen LogP) is 2.97. The van der Waals surface area contributed by atoms with Crippen molar-refractivity contribution in [2.24, 2.45) is 5.92 Å². The molecule has 0 saturated heterocycles. The second-order valence-corrected chi connectivity index (χ2v) is 10.6. The molecule has 2 aliphatic rings. The Balaban J connectivity index is 1.42. The highest BCUT2D eigenvalue weighted by atomic mass is 32.2. The van der Waals surface area contributed by atoms with Gasteiger partial charge in [0.05, 0.1) is 18.2 Å². The van der Waals surface area contributed by atoms with Gasteiger partial charge in [-0.15, -0.1) is 0 Å².